The maximum Gasteiger partial charge on any atom is 0.309 e. The first-order valence-electron chi connectivity index (χ1n) is 7.35. The number of hydrogen-bond donors (Lipinski definition) is 1. The monoisotopic (exact) mass is 269 g/mol. The second-order valence-electron chi connectivity index (χ2n) is 4.84. The number of nitrogens with one attached hydrogen (secondary N) is 1. The van der Waals surface area contributed by atoms with E-state index in [0.717, 1.165) is 44.9 Å². The molecular formula is C14H27N3O2. The number of rotatable bonds is 5. The van der Waals surface area contributed by atoms with Crippen molar-refractivity contribution in [2.45, 2.75) is 39.5 Å². The van der Waals surface area contributed by atoms with Gasteiger partial charge in [-0.15, -0.1) is 0 Å². The van der Waals surface area contributed by atoms with Gasteiger partial charge < -0.3 is 15.0 Å². The highest BCUT2D eigenvalue weighted by Crippen LogP contribution is 2.18. The SMILES string of the molecule is CCCCNC(=NC)N1CCC(C(=O)OCC)CC1. The number of carbonyl (C=O) groups excluding carboxylic acids is 1. The third-order valence-electron chi connectivity index (χ3n) is 3.44. The normalized spacial score (nSPS) is 17.4. The Labute approximate surface area is 116 Å². The standard InChI is InChI=1S/C14H27N3O2/c1-4-6-9-16-14(15-3)17-10-7-12(8-11-17)13(18)19-5-2/h12H,4-11H2,1-3H3,(H,15,16). The third kappa shape index (κ3) is 5.09. The van der Waals surface area contributed by atoms with E-state index in [1.54, 1.807) is 0 Å². The number of likely N-dealkylation sites (tertiary alicyclic amines) is 1. The van der Waals surface area contributed by atoms with Crippen LogP contribution in [0.25, 0.3) is 0 Å². The molecule has 5 heteroatoms. The third-order valence-corrected chi connectivity index (χ3v) is 3.44. The Morgan fingerprint density at radius 1 is 1.37 bits per heavy atom. The molecule has 5 nitrogen and oxygen atoms in total. The highest BCUT2D eigenvalue weighted by atomic mass is 16.5. The lowest BCUT2D eigenvalue weighted by molar-refractivity contribution is -0.149. The van der Waals surface area contributed by atoms with Crippen LogP contribution >= 0.6 is 0 Å². The minimum Gasteiger partial charge on any atom is -0.466 e. The molecule has 0 aromatic heterocycles. The van der Waals surface area contributed by atoms with Crippen molar-refractivity contribution in [1.82, 2.24) is 10.2 Å². The summed E-state index contributed by atoms with van der Waals surface area (Å²) in [5.74, 6) is 0.969. The number of guanidine groups is 1. The Balaban J connectivity index is 2.37. The Bertz CT molecular complexity index is 297. The van der Waals surface area contributed by atoms with Crippen LogP contribution in [0.4, 0.5) is 0 Å². The predicted molar refractivity (Wildman–Crippen MR) is 77.2 cm³/mol. The fourth-order valence-electron chi connectivity index (χ4n) is 2.30. The Morgan fingerprint density at radius 2 is 2.05 bits per heavy atom. The molecule has 0 bridgehead atoms. The molecule has 1 N–H and O–H groups in total. The molecule has 1 aliphatic heterocycles. The molecule has 19 heavy (non-hydrogen) atoms. The minimum absolute atomic E-state index is 0.0453. The van der Waals surface area contributed by atoms with Crippen LogP contribution in [0.1, 0.15) is 39.5 Å². The summed E-state index contributed by atoms with van der Waals surface area (Å²) in [6.07, 6.45) is 4.04. The molecule has 0 spiro atoms. The van der Waals surface area contributed by atoms with Crippen molar-refractivity contribution in [3.63, 3.8) is 0 Å². The summed E-state index contributed by atoms with van der Waals surface area (Å²) in [6.45, 7) is 7.20. The van der Waals surface area contributed by atoms with Crippen molar-refractivity contribution in [3.8, 4) is 0 Å². The second kappa shape index (κ2) is 8.77. The van der Waals surface area contributed by atoms with Crippen LogP contribution in [0.2, 0.25) is 0 Å². The molecule has 0 unspecified atom stereocenters. The van der Waals surface area contributed by atoms with E-state index in [1.165, 1.54) is 6.42 Å². The fraction of sp³-hybridized carbons (Fsp3) is 0.857. The summed E-state index contributed by atoms with van der Waals surface area (Å²) in [5, 5.41) is 3.37. The van der Waals surface area contributed by atoms with E-state index in [1.807, 2.05) is 14.0 Å². The number of nitrogens with zero attached hydrogens (tertiary/aromatic N) is 2. The van der Waals surface area contributed by atoms with Crippen LogP contribution in [0.5, 0.6) is 0 Å². The number of esters is 1. The lowest BCUT2D eigenvalue weighted by atomic mass is 9.97. The molecule has 0 amide bonds. The molecule has 1 aliphatic rings. The quantitative estimate of drug-likeness (QED) is 0.357. The average molecular weight is 269 g/mol. The fourth-order valence-corrected chi connectivity index (χ4v) is 2.30. The summed E-state index contributed by atoms with van der Waals surface area (Å²) in [4.78, 5) is 18.2. The topological polar surface area (TPSA) is 53.9 Å². The van der Waals surface area contributed by atoms with Gasteiger partial charge in [0.1, 0.15) is 0 Å². The van der Waals surface area contributed by atoms with Crippen molar-refractivity contribution in [3.05, 3.63) is 0 Å². The zero-order valence-corrected chi connectivity index (χ0v) is 12.4. The van der Waals surface area contributed by atoms with E-state index in [0.29, 0.717) is 6.61 Å². The maximum absolute atomic E-state index is 11.7. The number of hydrogen-bond acceptors (Lipinski definition) is 3. The molecule has 0 radical (unpaired) electrons. The summed E-state index contributed by atoms with van der Waals surface area (Å²) in [6, 6.07) is 0. The summed E-state index contributed by atoms with van der Waals surface area (Å²) in [7, 11) is 1.81. The van der Waals surface area contributed by atoms with Gasteiger partial charge in [-0.05, 0) is 26.2 Å². The summed E-state index contributed by atoms with van der Waals surface area (Å²) < 4.78 is 5.08. The van der Waals surface area contributed by atoms with Gasteiger partial charge in [0, 0.05) is 26.7 Å². The molecule has 0 aromatic carbocycles. The van der Waals surface area contributed by atoms with Crippen molar-refractivity contribution in [1.29, 1.82) is 0 Å². The predicted octanol–water partition coefficient (Wildman–Crippen LogP) is 1.64. The lowest BCUT2D eigenvalue weighted by Crippen LogP contribution is -2.46. The van der Waals surface area contributed by atoms with Gasteiger partial charge in [-0.1, -0.05) is 13.3 Å². The Morgan fingerprint density at radius 3 is 2.58 bits per heavy atom. The van der Waals surface area contributed by atoms with Gasteiger partial charge in [0.05, 0.1) is 12.5 Å². The molecule has 1 saturated heterocycles. The number of unbranched alkanes of at least 4 members (excludes halogenated alkanes) is 1. The van der Waals surface area contributed by atoms with Crippen LogP contribution in [-0.2, 0) is 9.53 Å². The van der Waals surface area contributed by atoms with Crippen LogP contribution in [-0.4, -0.2) is 50.1 Å². The highest BCUT2D eigenvalue weighted by Gasteiger charge is 2.27. The van der Waals surface area contributed by atoms with E-state index in [9.17, 15) is 4.79 Å². The summed E-state index contributed by atoms with van der Waals surface area (Å²) >= 11 is 0. The largest absolute Gasteiger partial charge is 0.466 e. The minimum atomic E-state index is -0.0453. The van der Waals surface area contributed by atoms with Gasteiger partial charge in [-0.25, -0.2) is 0 Å². The van der Waals surface area contributed by atoms with Gasteiger partial charge in [-0.2, -0.15) is 0 Å². The Hall–Kier alpha value is -1.26. The van der Waals surface area contributed by atoms with E-state index in [4.69, 9.17) is 4.74 Å². The van der Waals surface area contributed by atoms with Gasteiger partial charge >= 0.3 is 5.97 Å². The van der Waals surface area contributed by atoms with Crippen LogP contribution in [0, 0.1) is 5.92 Å². The van der Waals surface area contributed by atoms with Crippen LogP contribution < -0.4 is 5.32 Å². The van der Waals surface area contributed by atoms with Crippen molar-refractivity contribution in [2.75, 3.05) is 33.3 Å². The molecule has 0 atom stereocenters. The zero-order chi connectivity index (χ0) is 14.1. The molecule has 1 rings (SSSR count). The Kier molecular flexibility index (Phi) is 7.30. The van der Waals surface area contributed by atoms with Gasteiger partial charge in [0.15, 0.2) is 5.96 Å². The second-order valence-corrected chi connectivity index (χ2v) is 4.84. The van der Waals surface area contributed by atoms with Crippen molar-refractivity contribution >= 4 is 11.9 Å². The van der Waals surface area contributed by atoms with E-state index >= 15 is 0 Å². The molecular weight excluding hydrogens is 242 g/mol. The van der Waals surface area contributed by atoms with Crippen molar-refractivity contribution in [2.24, 2.45) is 10.9 Å². The van der Waals surface area contributed by atoms with Gasteiger partial charge in [0.2, 0.25) is 0 Å². The number of carbonyl (C=O) groups is 1. The van der Waals surface area contributed by atoms with Crippen LogP contribution in [0.15, 0.2) is 4.99 Å². The first-order valence-corrected chi connectivity index (χ1v) is 7.35. The molecule has 110 valence electrons. The molecule has 1 heterocycles. The lowest BCUT2D eigenvalue weighted by Gasteiger charge is -2.33. The van der Waals surface area contributed by atoms with Crippen LogP contribution in [0.3, 0.4) is 0 Å². The summed E-state index contributed by atoms with van der Waals surface area (Å²) in [5.41, 5.74) is 0. The first kappa shape index (κ1) is 15.8. The average Bonchev–Trinajstić information content (AvgIpc) is 2.44. The molecule has 0 aliphatic carbocycles. The zero-order valence-electron chi connectivity index (χ0n) is 12.4. The smallest absolute Gasteiger partial charge is 0.309 e. The highest BCUT2D eigenvalue weighted by molar-refractivity contribution is 5.80. The maximum atomic E-state index is 11.7. The van der Waals surface area contributed by atoms with E-state index in [2.05, 4.69) is 22.1 Å². The van der Waals surface area contributed by atoms with Gasteiger partial charge in [-0.3, -0.25) is 9.79 Å². The molecule has 1 fully saturated rings. The molecule has 0 aromatic rings. The number of piperidine rings is 1. The van der Waals surface area contributed by atoms with Gasteiger partial charge in [0.25, 0.3) is 0 Å². The van der Waals surface area contributed by atoms with E-state index in [-0.39, 0.29) is 11.9 Å². The number of ether oxygens (including phenoxy) is 1. The molecule has 0 saturated carbocycles. The van der Waals surface area contributed by atoms with Crippen molar-refractivity contribution < 1.29 is 9.53 Å². The number of aliphatic imine (C=N–C) groups is 1. The first-order chi connectivity index (χ1) is 9.22. The van der Waals surface area contributed by atoms with E-state index < -0.39 is 0 Å².